The van der Waals surface area contributed by atoms with E-state index in [0.717, 1.165) is 50.4 Å². The molecule has 0 bridgehead atoms. The standard InChI is InChI=1S/C32H39O2S.CHF3O3S/c1-5-7-23-33-30-19-13-26(14-20-30)9-10-28-12-18-29(32(25-28)35(3)4)17-11-27-15-21-31(22-16-27)34-24-8-6-2;2-1(3,4)8(5,6)7/h9-22,25H,5-8,23-24H2,1-4H3;(H,5,6,7)/q+1;/p-1. The first-order valence-electron chi connectivity index (χ1n) is 13.9. The molecule has 234 valence electrons. The lowest BCUT2D eigenvalue weighted by Gasteiger charge is -2.08. The van der Waals surface area contributed by atoms with Crippen molar-refractivity contribution in [2.45, 2.75) is 49.9 Å². The lowest BCUT2D eigenvalue weighted by atomic mass is 10.1. The number of unbranched alkanes of at least 4 members (excludes halogenated alkanes) is 2. The van der Waals surface area contributed by atoms with Crippen molar-refractivity contribution < 1.29 is 35.6 Å². The van der Waals surface area contributed by atoms with Gasteiger partial charge in [-0.2, -0.15) is 13.2 Å². The average Bonchev–Trinajstić information content (AvgIpc) is 2.96. The fourth-order valence-corrected chi connectivity index (χ4v) is 4.52. The minimum Gasteiger partial charge on any atom is -0.741 e. The van der Waals surface area contributed by atoms with E-state index in [9.17, 15) is 13.2 Å². The van der Waals surface area contributed by atoms with Crippen LogP contribution in [0.15, 0.2) is 71.6 Å². The highest BCUT2D eigenvalue weighted by atomic mass is 32.2. The first-order chi connectivity index (χ1) is 20.3. The molecule has 0 aliphatic rings. The van der Waals surface area contributed by atoms with Crippen LogP contribution in [0.5, 0.6) is 11.5 Å². The summed E-state index contributed by atoms with van der Waals surface area (Å²) in [5.41, 5.74) is -0.806. The van der Waals surface area contributed by atoms with Crippen LogP contribution >= 0.6 is 0 Å². The van der Waals surface area contributed by atoms with Crippen molar-refractivity contribution in [1.82, 2.24) is 0 Å². The van der Waals surface area contributed by atoms with E-state index in [-0.39, 0.29) is 10.9 Å². The summed E-state index contributed by atoms with van der Waals surface area (Å²) >= 11 is 0. The van der Waals surface area contributed by atoms with Crippen LogP contribution < -0.4 is 9.47 Å². The van der Waals surface area contributed by atoms with Crippen LogP contribution in [0, 0.1) is 0 Å². The highest BCUT2D eigenvalue weighted by Crippen LogP contribution is 2.23. The second-order valence-corrected chi connectivity index (χ2v) is 13.2. The summed E-state index contributed by atoms with van der Waals surface area (Å²) in [5.74, 6) is 1.88. The van der Waals surface area contributed by atoms with Crippen molar-refractivity contribution >= 4 is 45.3 Å². The molecule has 0 aromatic heterocycles. The molecule has 0 spiro atoms. The Balaban J connectivity index is 0.000000708. The van der Waals surface area contributed by atoms with Gasteiger partial charge in [0.15, 0.2) is 15.0 Å². The highest BCUT2D eigenvalue weighted by molar-refractivity contribution is 7.95. The van der Waals surface area contributed by atoms with Crippen molar-refractivity contribution in [3.05, 3.63) is 89.0 Å². The van der Waals surface area contributed by atoms with Crippen LogP contribution in [-0.4, -0.2) is 44.2 Å². The van der Waals surface area contributed by atoms with Crippen molar-refractivity contribution in [3.63, 3.8) is 0 Å². The summed E-state index contributed by atoms with van der Waals surface area (Å²) in [6, 6.07) is 23.4. The van der Waals surface area contributed by atoms with Gasteiger partial charge in [-0.15, -0.1) is 0 Å². The molecule has 3 rings (SSSR count). The lowest BCUT2D eigenvalue weighted by Crippen LogP contribution is -2.21. The third-order valence-corrected chi connectivity index (χ3v) is 7.78. The summed E-state index contributed by atoms with van der Waals surface area (Å²) < 4.78 is 70.4. The molecule has 3 aromatic rings. The first kappa shape index (κ1) is 36.0. The predicted molar refractivity (Wildman–Crippen MR) is 171 cm³/mol. The molecule has 3 aromatic carbocycles. The quantitative estimate of drug-likeness (QED) is 0.0617. The first-order valence-corrected chi connectivity index (χ1v) is 17.3. The molecule has 0 aliphatic heterocycles. The van der Waals surface area contributed by atoms with Gasteiger partial charge in [-0.3, -0.25) is 0 Å². The van der Waals surface area contributed by atoms with Crippen LogP contribution in [0.1, 0.15) is 61.8 Å². The summed E-state index contributed by atoms with van der Waals surface area (Å²) in [4.78, 5) is 1.38. The van der Waals surface area contributed by atoms with Gasteiger partial charge >= 0.3 is 5.51 Å². The molecule has 0 fully saturated rings. The molecule has 0 aliphatic carbocycles. The summed E-state index contributed by atoms with van der Waals surface area (Å²) in [7, 11) is -5.93. The minimum absolute atomic E-state index is 0.156. The van der Waals surface area contributed by atoms with Crippen LogP contribution in [0.2, 0.25) is 0 Å². The minimum atomic E-state index is -6.09. The third kappa shape index (κ3) is 13.3. The van der Waals surface area contributed by atoms with Gasteiger partial charge in [0.25, 0.3) is 0 Å². The van der Waals surface area contributed by atoms with E-state index in [2.05, 4.69) is 105 Å². The number of alkyl halides is 3. The average molecular weight is 637 g/mol. The lowest BCUT2D eigenvalue weighted by molar-refractivity contribution is -0.0517. The third-order valence-electron chi connectivity index (χ3n) is 5.98. The van der Waals surface area contributed by atoms with Gasteiger partial charge in [0.2, 0.25) is 0 Å². The maximum atomic E-state index is 10.7. The second-order valence-electron chi connectivity index (χ2n) is 9.72. The second kappa shape index (κ2) is 17.8. The van der Waals surface area contributed by atoms with Crippen molar-refractivity contribution in [1.29, 1.82) is 0 Å². The summed E-state index contributed by atoms with van der Waals surface area (Å²) in [6.45, 7) is 5.92. The largest absolute Gasteiger partial charge is 0.741 e. The maximum absolute atomic E-state index is 10.7. The van der Waals surface area contributed by atoms with Gasteiger partial charge in [0, 0.05) is 22.5 Å². The van der Waals surface area contributed by atoms with Gasteiger partial charge in [0.1, 0.15) is 24.0 Å². The monoisotopic (exact) mass is 636 g/mol. The molecular formula is C33H39F3O5S2. The van der Waals surface area contributed by atoms with E-state index in [1.165, 1.54) is 27.1 Å². The topological polar surface area (TPSA) is 75.7 Å². The maximum Gasteiger partial charge on any atom is 0.485 e. The van der Waals surface area contributed by atoms with Gasteiger partial charge < -0.3 is 14.0 Å². The van der Waals surface area contributed by atoms with Crippen LogP contribution in [0.3, 0.4) is 0 Å². The normalized spacial score (nSPS) is 12.0. The molecule has 10 heteroatoms. The van der Waals surface area contributed by atoms with E-state index < -0.39 is 15.6 Å². The Morgan fingerprint density at radius 3 is 1.51 bits per heavy atom. The van der Waals surface area contributed by atoms with Crippen LogP contribution in [-0.2, 0) is 21.0 Å². The summed E-state index contributed by atoms with van der Waals surface area (Å²) in [6.07, 6.45) is 17.8. The van der Waals surface area contributed by atoms with Gasteiger partial charge in [-0.05, 0) is 65.9 Å². The summed E-state index contributed by atoms with van der Waals surface area (Å²) in [5, 5.41) is 0. The van der Waals surface area contributed by atoms with Gasteiger partial charge in [0.05, 0.1) is 13.2 Å². The number of hydrogen-bond donors (Lipinski definition) is 0. The molecule has 0 unspecified atom stereocenters. The number of rotatable bonds is 13. The van der Waals surface area contributed by atoms with E-state index in [1.807, 2.05) is 12.1 Å². The van der Waals surface area contributed by atoms with Crippen molar-refractivity contribution in [3.8, 4) is 11.5 Å². The number of benzene rings is 3. The molecule has 0 radical (unpaired) electrons. The predicted octanol–water partition coefficient (Wildman–Crippen LogP) is 8.67. The Morgan fingerprint density at radius 2 is 1.12 bits per heavy atom. The SMILES string of the molecule is CCCCOc1ccc(C=Cc2ccc(C=Cc3ccc(OCCCC)cc3)c([S+](C)C)c2)cc1.O=S(=O)([O-])C(F)(F)F. The molecular weight excluding hydrogens is 597 g/mol. The molecule has 43 heavy (non-hydrogen) atoms. The molecule has 0 atom stereocenters. The zero-order chi connectivity index (χ0) is 31.9. The fourth-order valence-electron chi connectivity index (χ4n) is 3.54. The zero-order valence-electron chi connectivity index (χ0n) is 24.9. The molecule has 0 saturated heterocycles. The highest BCUT2D eigenvalue weighted by Gasteiger charge is 2.36. The Labute approximate surface area is 256 Å². The van der Waals surface area contributed by atoms with E-state index in [1.54, 1.807) is 0 Å². The zero-order valence-corrected chi connectivity index (χ0v) is 26.5. The van der Waals surface area contributed by atoms with Gasteiger partial charge in [-0.1, -0.05) is 75.2 Å². The van der Waals surface area contributed by atoms with Gasteiger partial charge in [-0.25, -0.2) is 8.42 Å². The Hall–Kier alpha value is -3.21. The number of halogens is 3. The molecule has 0 saturated carbocycles. The molecule has 0 heterocycles. The Kier molecular flexibility index (Phi) is 14.9. The fraction of sp³-hybridized carbons (Fsp3) is 0.333. The van der Waals surface area contributed by atoms with Crippen molar-refractivity contribution in [2.75, 3.05) is 25.7 Å². The molecule has 5 nitrogen and oxygen atoms in total. The van der Waals surface area contributed by atoms with E-state index >= 15 is 0 Å². The number of hydrogen-bond acceptors (Lipinski definition) is 5. The van der Waals surface area contributed by atoms with E-state index in [0.29, 0.717) is 0 Å². The smallest absolute Gasteiger partial charge is 0.485 e. The van der Waals surface area contributed by atoms with Crippen LogP contribution in [0.4, 0.5) is 13.2 Å². The van der Waals surface area contributed by atoms with Crippen LogP contribution in [0.25, 0.3) is 24.3 Å². The molecule has 0 amide bonds. The number of ether oxygens (including phenoxy) is 2. The Bertz CT molecular complexity index is 1410. The van der Waals surface area contributed by atoms with E-state index in [4.69, 9.17) is 22.4 Å². The Morgan fingerprint density at radius 1 is 0.721 bits per heavy atom. The van der Waals surface area contributed by atoms with Crippen molar-refractivity contribution in [2.24, 2.45) is 0 Å². The molecule has 0 N–H and O–H groups in total.